The summed E-state index contributed by atoms with van der Waals surface area (Å²) in [7, 11) is -5.74. The van der Waals surface area contributed by atoms with E-state index in [1.807, 2.05) is 12.1 Å². The van der Waals surface area contributed by atoms with Gasteiger partial charge in [-0.05, 0) is 11.1 Å². The Kier molecular flexibility index (Phi) is 10.5. The molecule has 0 radical (unpaired) electrons. The molecule has 8 heteroatoms. The molecule has 0 aromatic heterocycles. The van der Waals surface area contributed by atoms with Gasteiger partial charge in [-0.1, -0.05) is 60.7 Å². The molecule has 0 aliphatic carbocycles. The van der Waals surface area contributed by atoms with Crippen LogP contribution in [-0.2, 0) is 9.13 Å². The maximum atomic E-state index is 8.70. The van der Waals surface area contributed by atoms with E-state index < -0.39 is 16.5 Å². The fourth-order valence-electron chi connectivity index (χ4n) is 1.26. The van der Waals surface area contributed by atoms with Gasteiger partial charge in [0.2, 0.25) is 0 Å². The van der Waals surface area contributed by atoms with Gasteiger partial charge in [0.1, 0.15) is 0 Å². The van der Waals surface area contributed by atoms with Gasteiger partial charge in [-0.15, -0.1) is 19.6 Å². The van der Waals surface area contributed by atoms with Crippen molar-refractivity contribution >= 4 is 16.5 Å². The lowest BCUT2D eigenvalue weighted by Crippen LogP contribution is -1.73. The van der Waals surface area contributed by atoms with Crippen LogP contribution in [0.15, 0.2) is 60.7 Å². The summed E-state index contributed by atoms with van der Waals surface area (Å²) in [4.78, 5) is 28.5. The van der Waals surface area contributed by atoms with Gasteiger partial charge in [0.25, 0.3) is 0 Å². The van der Waals surface area contributed by atoms with E-state index in [4.69, 9.17) is 28.7 Å². The Morgan fingerprint density at radius 3 is 0.950 bits per heavy atom. The summed E-state index contributed by atoms with van der Waals surface area (Å²) in [6, 6.07) is 20.8. The molecule has 2 aromatic carbocycles. The van der Waals surface area contributed by atoms with Gasteiger partial charge in [-0.25, -0.2) is 0 Å². The van der Waals surface area contributed by atoms with E-state index in [2.05, 4.69) is 48.5 Å². The zero-order valence-corrected chi connectivity index (χ0v) is 12.1. The smallest absolute Gasteiger partial charge is 0.134 e. The van der Waals surface area contributed by atoms with Crippen LogP contribution in [0.25, 0.3) is 11.1 Å². The molecule has 0 saturated carbocycles. The minimum atomic E-state index is -2.87. The van der Waals surface area contributed by atoms with E-state index in [9.17, 15) is 0 Å². The second kappa shape index (κ2) is 11.3. The van der Waals surface area contributed by atoms with Gasteiger partial charge in [0.05, 0.1) is 0 Å². The van der Waals surface area contributed by atoms with E-state index >= 15 is 0 Å². The quantitative estimate of drug-likeness (QED) is 0.601. The highest BCUT2D eigenvalue weighted by atomic mass is 31.1. The molecule has 106 valence electrons. The lowest BCUT2D eigenvalue weighted by molar-refractivity contribution is 0.403. The van der Waals surface area contributed by atoms with Gasteiger partial charge in [0, 0.05) is 9.13 Å². The largest absolute Gasteiger partial charge is 0.692 e. The van der Waals surface area contributed by atoms with E-state index in [0.717, 1.165) is 0 Å². The lowest BCUT2D eigenvalue weighted by Gasteiger charge is -1.98. The summed E-state index contributed by atoms with van der Waals surface area (Å²) < 4.78 is 17.4. The second-order valence-corrected chi connectivity index (χ2v) is 4.25. The zero-order valence-electron chi connectivity index (χ0n) is 10.3. The summed E-state index contributed by atoms with van der Waals surface area (Å²) in [5.74, 6) is 0. The summed E-state index contributed by atoms with van der Waals surface area (Å²) in [6.45, 7) is 0. The number of hydrogen-bond donors (Lipinski definition) is 4. The Bertz CT molecular complexity index is 460. The third-order valence-corrected chi connectivity index (χ3v) is 1.88. The summed E-state index contributed by atoms with van der Waals surface area (Å²) >= 11 is 0. The van der Waals surface area contributed by atoms with Crippen molar-refractivity contribution < 1.29 is 28.7 Å². The van der Waals surface area contributed by atoms with Gasteiger partial charge in [0.15, 0.2) is 0 Å². The first-order chi connectivity index (χ1) is 9.43. The molecule has 6 nitrogen and oxygen atoms in total. The van der Waals surface area contributed by atoms with Gasteiger partial charge in [-0.3, -0.25) is 0 Å². The molecular formula is C12H14O6P2+2. The van der Waals surface area contributed by atoms with Crippen molar-refractivity contribution in [1.82, 2.24) is 0 Å². The third kappa shape index (κ3) is 11.6. The summed E-state index contributed by atoms with van der Waals surface area (Å²) in [5, 5.41) is 0. The highest BCUT2D eigenvalue weighted by Crippen LogP contribution is 2.17. The van der Waals surface area contributed by atoms with Crippen molar-refractivity contribution in [2.75, 3.05) is 0 Å². The molecule has 0 aliphatic heterocycles. The molecule has 0 heterocycles. The Hall–Kier alpha value is -1.52. The maximum absolute atomic E-state index is 8.70. The first-order valence-corrected chi connectivity index (χ1v) is 7.57. The molecule has 0 amide bonds. The van der Waals surface area contributed by atoms with Crippen LogP contribution >= 0.6 is 16.5 Å². The third-order valence-electron chi connectivity index (χ3n) is 1.88. The Labute approximate surface area is 117 Å². The molecule has 0 bridgehead atoms. The first kappa shape index (κ1) is 18.5. The fourth-order valence-corrected chi connectivity index (χ4v) is 1.26. The number of hydrogen-bond acceptors (Lipinski definition) is 2. The maximum Gasteiger partial charge on any atom is 0.692 e. The lowest BCUT2D eigenvalue weighted by atomic mass is 10.1. The van der Waals surface area contributed by atoms with E-state index in [0.29, 0.717) is 0 Å². The van der Waals surface area contributed by atoms with Crippen LogP contribution in [-0.4, -0.2) is 19.6 Å². The van der Waals surface area contributed by atoms with Crippen molar-refractivity contribution in [2.45, 2.75) is 0 Å². The second-order valence-electron chi connectivity index (χ2n) is 3.24. The van der Waals surface area contributed by atoms with Crippen LogP contribution in [0.4, 0.5) is 0 Å². The Morgan fingerprint density at radius 1 is 0.550 bits per heavy atom. The van der Waals surface area contributed by atoms with Crippen LogP contribution < -0.4 is 0 Å². The molecule has 2 aromatic rings. The standard InChI is InChI=1S/C12H10.2HO3P/c1-3-7-11(8-4-1)12-9-5-2-6-10-12;2*1-4(2)3/h1-10H;2*(H-,1,2,3)/p+2. The van der Waals surface area contributed by atoms with Gasteiger partial charge < -0.3 is 0 Å². The van der Waals surface area contributed by atoms with Crippen molar-refractivity contribution in [2.24, 2.45) is 0 Å². The molecule has 0 aliphatic rings. The SMILES string of the molecule is O=[P+](O)O.O=[P+](O)O.c1ccc(-c2ccccc2)cc1. The number of rotatable bonds is 1. The van der Waals surface area contributed by atoms with E-state index in [1.165, 1.54) is 11.1 Å². The highest BCUT2D eigenvalue weighted by molar-refractivity contribution is 7.31. The normalized spacial score (nSPS) is 8.40. The van der Waals surface area contributed by atoms with Crippen molar-refractivity contribution in [1.29, 1.82) is 0 Å². The highest BCUT2D eigenvalue weighted by Gasteiger charge is 1.93. The zero-order chi connectivity index (χ0) is 15.4. The van der Waals surface area contributed by atoms with Crippen molar-refractivity contribution in [3.63, 3.8) is 0 Å². The van der Waals surface area contributed by atoms with Crippen molar-refractivity contribution in [3.8, 4) is 11.1 Å². The summed E-state index contributed by atoms with van der Waals surface area (Å²) in [5.41, 5.74) is 2.55. The molecule has 0 unspecified atom stereocenters. The molecule has 0 spiro atoms. The van der Waals surface area contributed by atoms with Crippen LogP contribution in [0.3, 0.4) is 0 Å². The van der Waals surface area contributed by atoms with Crippen molar-refractivity contribution in [3.05, 3.63) is 60.7 Å². The Balaban J connectivity index is 0.000000380. The van der Waals surface area contributed by atoms with Gasteiger partial charge >= 0.3 is 16.5 Å². The first-order valence-electron chi connectivity index (χ1n) is 5.24. The Morgan fingerprint density at radius 2 is 0.750 bits per heavy atom. The molecule has 2 rings (SSSR count). The minimum absolute atomic E-state index is 1.28. The predicted molar refractivity (Wildman–Crippen MR) is 76.0 cm³/mol. The van der Waals surface area contributed by atoms with E-state index in [1.54, 1.807) is 0 Å². The van der Waals surface area contributed by atoms with Crippen LogP contribution in [0.1, 0.15) is 0 Å². The molecule has 0 saturated heterocycles. The topological polar surface area (TPSA) is 115 Å². The minimum Gasteiger partial charge on any atom is -0.134 e. The van der Waals surface area contributed by atoms with Crippen LogP contribution in [0.5, 0.6) is 0 Å². The predicted octanol–water partition coefficient (Wildman–Crippen LogP) is 2.61. The average molecular weight is 316 g/mol. The van der Waals surface area contributed by atoms with Crippen LogP contribution in [0.2, 0.25) is 0 Å². The number of benzene rings is 2. The molecule has 0 fully saturated rings. The molecule has 4 N–H and O–H groups in total. The monoisotopic (exact) mass is 316 g/mol. The molecule has 0 atom stereocenters. The average Bonchev–Trinajstić information content (AvgIpc) is 2.39. The van der Waals surface area contributed by atoms with Crippen LogP contribution in [0, 0.1) is 0 Å². The fraction of sp³-hybridized carbons (Fsp3) is 0. The molecular weight excluding hydrogens is 302 g/mol. The van der Waals surface area contributed by atoms with Gasteiger partial charge in [-0.2, -0.15) is 0 Å². The van der Waals surface area contributed by atoms with E-state index in [-0.39, 0.29) is 0 Å². The molecule has 20 heavy (non-hydrogen) atoms. The summed E-state index contributed by atoms with van der Waals surface area (Å²) in [6.07, 6.45) is 0.